The number of rotatable bonds is 7. The third kappa shape index (κ3) is 4.32. The average molecular weight is 359 g/mol. The van der Waals surface area contributed by atoms with E-state index in [0.717, 1.165) is 0 Å². The van der Waals surface area contributed by atoms with Crippen molar-refractivity contribution < 1.29 is 34.6 Å². The fourth-order valence-electron chi connectivity index (χ4n) is 2.47. The van der Waals surface area contributed by atoms with E-state index in [0.29, 0.717) is 5.75 Å². The molecule has 2 aromatic carbocycles. The summed E-state index contributed by atoms with van der Waals surface area (Å²) in [5.74, 6) is -3.27. The lowest BCUT2D eigenvalue weighted by atomic mass is 9.75. The van der Waals surface area contributed by atoms with E-state index in [9.17, 15) is 24.7 Å². The lowest BCUT2D eigenvalue weighted by Gasteiger charge is -2.19. The van der Waals surface area contributed by atoms with Crippen molar-refractivity contribution in [2.24, 2.45) is 0 Å². The van der Waals surface area contributed by atoms with Crippen LogP contribution in [0.4, 0.5) is 0 Å². The predicted octanol–water partition coefficient (Wildman–Crippen LogP) is 0.452. The van der Waals surface area contributed by atoms with Crippen molar-refractivity contribution in [1.29, 1.82) is 0 Å². The zero-order valence-electron chi connectivity index (χ0n) is 13.9. The van der Waals surface area contributed by atoms with Crippen molar-refractivity contribution in [2.45, 2.75) is 12.4 Å². The Morgan fingerprint density at radius 2 is 1.77 bits per heavy atom. The molecule has 0 fully saturated rings. The molecule has 0 aliphatic heterocycles. The van der Waals surface area contributed by atoms with Gasteiger partial charge in [0.15, 0.2) is 0 Å². The molecule has 0 heterocycles. The number of amides is 1. The molecule has 136 valence electrons. The Kier molecular flexibility index (Phi) is 6.21. The second kappa shape index (κ2) is 8.37. The second-order valence-electron chi connectivity index (χ2n) is 5.52. The second-order valence-corrected chi connectivity index (χ2v) is 5.52. The standard InChI is InChI=1S/C17H18BNO7/c1-26-13-8-3-2-6-11(13)16(21)19-14(18(24)25)9-10-5-4-7-12(15(10)20)17(22)23/h2-8,14,20,24-25H,9H2,1H3,(H,19,21)(H,22,23). The van der Waals surface area contributed by atoms with Gasteiger partial charge in [0.1, 0.15) is 17.1 Å². The first-order valence-corrected chi connectivity index (χ1v) is 7.69. The topological polar surface area (TPSA) is 136 Å². The lowest BCUT2D eigenvalue weighted by Crippen LogP contribution is -2.48. The van der Waals surface area contributed by atoms with Crippen LogP contribution in [0.15, 0.2) is 42.5 Å². The van der Waals surface area contributed by atoms with Crippen LogP contribution in [0.2, 0.25) is 0 Å². The molecule has 0 saturated heterocycles. The molecule has 0 bridgehead atoms. The molecule has 0 saturated carbocycles. The summed E-state index contributed by atoms with van der Waals surface area (Å²) in [5.41, 5.74) is 0.0391. The maximum absolute atomic E-state index is 12.4. The van der Waals surface area contributed by atoms with E-state index in [1.165, 1.54) is 31.4 Å². The maximum Gasteiger partial charge on any atom is 0.475 e. The number of benzene rings is 2. The van der Waals surface area contributed by atoms with Crippen LogP contribution in [0.5, 0.6) is 11.5 Å². The largest absolute Gasteiger partial charge is 0.507 e. The first-order valence-electron chi connectivity index (χ1n) is 7.69. The Morgan fingerprint density at radius 1 is 1.12 bits per heavy atom. The number of methoxy groups -OCH3 is 1. The van der Waals surface area contributed by atoms with Gasteiger partial charge in [0.2, 0.25) is 0 Å². The molecule has 1 amide bonds. The van der Waals surface area contributed by atoms with Crippen molar-refractivity contribution in [1.82, 2.24) is 5.32 Å². The first kappa shape index (κ1) is 19.3. The minimum Gasteiger partial charge on any atom is -0.507 e. The van der Waals surface area contributed by atoms with E-state index in [1.54, 1.807) is 18.2 Å². The van der Waals surface area contributed by atoms with E-state index in [2.05, 4.69) is 5.32 Å². The number of carboxylic acids is 1. The zero-order valence-corrected chi connectivity index (χ0v) is 13.9. The highest BCUT2D eigenvalue weighted by atomic mass is 16.5. The molecular formula is C17H18BNO7. The Bertz CT molecular complexity index is 809. The highest BCUT2D eigenvalue weighted by Crippen LogP contribution is 2.24. The number of aromatic carboxylic acids is 1. The minimum atomic E-state index is -1.93. The average Bonchev–Trinajstić information content (AvgIpc) is 2.62. The van der Waals surface area contributed by atoms with Gasteiger partial charge in [0.25, 0.3) is 5.91 Å². The summed E-state index contributed by atoms with van der Waals surface area (Å²) in [5, 5.41) is 40.7. The normalized spacial score (nSPS) is 11.5. The smallest absolute Gasteiger partial charge is 0.475 e. The molecular weight excluding hydrogens is 341 g/mol. The van der Waals surface area contributed by atoms with E-state index in [1.807, 2.05) is 0 Å². The van der Waals surface area contributed by atoms with E-state index in [4.69, 9.17) is 9.84 Å². The number of carbonyl (C=O) groups is 2. The summed E-state index contributed by atoms with van der Waals surface area (Å²) in [7, 11) is -0.526. The monoisotopic (exact) mass is 359 g/mol. The van der Waals surface area contributed by atoms with Crippen molar-refractivity contribution in [3.05, 3.63) is 59.2 Å². The van der Waals surface area contributed by atoms with Crippen molar-refractivity contribution in [2.75, 3.05) is 7.11 Å². The van der Waals surface area contributed by atoms with Crippen LogP contribution in [-0.4, -0.2) is 52.3 Å². The number of hydrogen-bond donors (Lipinski definition) is 5. The molecule has 8 nitrogen and oxygen atoms in total. The van der Waals surface area contributed by atoms with Crippen molar-refractivity contribution >= 4 is 19.0 Å². The number of nitrogens with one attached hydrogen (secondary N) is 1. The first-order chi connectivity index (χ1) is 12.3. The fourth-order valence-corrected chi connectivity index (χ4v) is 2.47. The lowest BCUT2D eigenvalue weighted by molar-refractivity contribution is 0.0693. The molecule has 1 atom stereocenters. The van der Waals surface area contributed by atoms with Crippen molar-refractivity contribution in [3.63, 3.8) is 0 Å². The summed E-state index contributed by atoms with van der Waals surface area (Å²) in [6.45, 7) is 0. The maximum atomic E-state index is 12.4. The molecule has 0 aliphatic carbocycles. The Hall–Kier alpha value is -3.04. The van der Waals surface area contributed by atoms with Gasteiger partial charge in [-0.25, -0.2) is 4.79 Å². The van der Waals surface area contributed by atoms with E-state index >= 15 is 0 Å². The number of aromatic hydroxyl groups is 1. The Labute approximate surface area is 149 Å². The predicted molar refractivity (Wildman–Crippen MR) is 93.2 cm³/mol. The van der Waals surface area contributed by atoms with Crippen LogP contribution in [0.25, 0.3) is 0 Å². The molecule has 0 spiro atoms. The van der Waals surface area contributed by atoms with Crippen LogP contribution in [0.3, 0.4) is 0 Å². The third-order valence-corrected chi connectivity index (χ3v) is 3.82. The Balaban J connectivity index is 2.24. The van der Waals surface area contributed by atoms with Crippen molar-refractivity contribution in [3.8, 4) is 11.5 Å². The van der Waals surface area contributed by atoms with Gasteiger partial charge in [-0.1, -0.05) is 24.3 Å². The van der Waals surface area contributed by atoms with Gasteiger partial charge in [0, 0.05) is 0 Å². The number of hydrogen-bond acceptors (Lipinski definition) is 6. The molecule has 1 unspecified atom stereocenters. The molecule has 2 rings (SSSR count). The van der Waals surface area contributed by atoms with Crippen LogP contribution in [0.1, 0.15) is 26.3 Å². The van der Waals surface area contributed by atoms with Crippen LogP contribution < -0.4 is 10.1 Å². The fraction of sp³-hybridized carbons (Fsp3) is 0.176. The van der Waals surface area contributed by atoms with Gasteiger partial charge in [-0.15, -0.1) is 0 Å². The van der Waals surface area contributed by atoms with E-state index in [-0.39, 0.29) is 23.1 Å². The summed E-state index contributed by atoms with van der Waals surface area (Å²) in [4.78, 5) is 23.5. The van der Waals surface area contributed by atoms with Gasteiger partial charge in [-0.3, -0.25) is 4.79 Å². The molecule has 9 heteroatoms. The van der Waals surface area contributed by atoms with Gasteiger partial charge < -0.3 is 30.3 Å². The number of phenols is 1. The molecule has 0 aliphatic rings. The Morgan fingerprint density at radius 3 is 2.38 bits per heavy atom. The molecule has 2 aromatic rings. The highest BCUT2D eigenvalue weighted by molar-refractivity contribution is 6.43. The SMILES string of the molecule is COc1ccccc1C(=O)NC(Cc1cccc(C(=O)O)c1O)B(O)O. The van der Waals surface area contributed by atoms with Crippen LogP contribution in [-0.2, 0) is 6.42 Å². The van der Waals surface area contributed by atoms with Crippen LogP contribution >= 0.6 is 0 Å². The summed E-state index contributed by atoms with van der Waals surface area (Å²) < 4.78 is 5.10. The minimum absolute atomic E-state index is 0.156. The summed E-state index contributed by atoms with van der Waals surface area (Å²) in [6, 6.07) is 10.5. The van der Waals surface area contributed by atoms with Gasteiger partial charge in [-0.2, -0.15) is 0 Å². The third-order valence-electron chi connectivity index (χ3n) is 3.82. The summed E-state index contributed by atoms with van der Waals surface area (Å²) >= 11 is 0. The van der Waals surface area contributed by atoms with Gasteiger partial charge >= 0.3 is 13.1 Å². The number of ether oxygens (including phenoxy) is 1. The number of para-hydroxylation sites is 2. The number of carbonyl (C=O) groups excluding carboxylic acids is 1. The molecule has 5 N–H and O–H groups in total. The summed E-state index contributed by atoms with van der Waals surface area (Å²) in [6.07, 6.45) is -0.189. The quantitative estimate of drug-likeness (QED) is 0.453. The highest BCUT2D eigenvalue weighted by Gasteiger charge is 2.28. The van der Waals surface area contributed by atoms with Gasteiger partial charge in [-0.05, 0) is 30.2 Å². The molecule has 0 aromatic heterocycles. The van der Waals surface area contributed by atoms with E-state index < -0.39 is 30.7 Å². The number of carboxylic acid groups (broad SMARTS) is 1. The molecule has 0 radical (unpaired) electrons. The van der Waals surface area contributed by atoms with Gasteiger partial charge in [0.05, 0.1) is 18.6 Å². The van der Waals surface area contributed by atoms with Crippen LogP contribution in [0, 0.1) is 0 Å². The molecule has 26 heavy (non-hydrogen) atoms. The zero-order chi connectivity index (χ0) is 19.3.